The first-order valence-corrected chi connectivity index (χ1v) is 5.18. The summed E-state index contributed by atoms with van der Waals surface area (Å²) in [5, 5.41) is 9.78. The van der Waals surface area contributed by atoms with Crippen molar-refractivity contribution in [1.82, 2.24) is 0 Å². The highest BCUT2D eigenvalue weighted by atomic mass is 16.3. The van der Waals surface area contributed by atoms with Crippen LogP contribution >= 0.6 is 0 Å². The molecule has 0 saturated carbocycles. The number of nitrogens with two attached hydrogens (primary N) is 1. The van der Waals surface area contributed by atoms with Gasteiger partial charge in [-0.05, 0) is 18.9 Å². The second-order valence-electron chi connectivity index (χ2n) is 3.71. The van der Waals surface area contributed by atoms with Gasteiger partial charge in [-0.1, -0.05) is 32.0 Å². The van der Waals surface area contributed by atoms with Gasteiger partial charge in [0, 0.05) is 17.5 Å². The van der Waals surface area contributed by atoms with Gasteiger partial charge >= 0.3 is 0 Å². The Labute approximate surface area is 85.8 Å². The fourth-order valence-electron chi connectivity index (χ4n) is 1.95. The lowest BCUT2D eigenvalue weighted by molar-refractivity contribution is 0.377. The van der Waals surface area contributed by atoms with E-state index in [1.807, 2.05) is 18.2 Å². The standard InChI is InChI=1S/C12H19NO/c1-3-12(4-2,9-13)10-7-5-6-8-11(10)14/h5-8,14H,3-4,9,13H2,1-2H3. The van der Waals surface area contributed by atoms with Crippen molar-refractivity contribution in [3.05, 3.63) is 29.8 Å². The molecule has 1 aromatic carbocycles. The Morgan fingerprint density at radius 3 is 2.21 bits per heavy atom. The molecule has 0 aliphatic rings. The number of hydrogen-bond donors (Lipinski definition) is 2. The SMILES string of the molecule is CCC(CC)(CN)c1ccccc1O. The van der Waals surface area contributed by atoms with Crippen molar-refractivity contribution in [2.24, 2.45) is 5.73 Å². The topological polar surface area (TPSA) is 46.2 Å². The molecule has 78 valence electrons. The Morgan fingerprint density at radius 2 is 1.79 bits per heavy atom. The lowest BCUT2D eigenvalue weighted by atomic mass is 9.75. The van der Waals surface area contributed by atoms with Gasteiger partial charge in [0.15, 0.2) is 0 Å². The van der Waals surface area contributed by atoms with Crippen LogP contribution in [0.5, 0.6) is 5.75 Å². The van der Waals surface area contributed by atoms with Gasteiger partial charge in [-0.15, -0.1) is 0 Å². The zero-order valence-corrected chi connectivity index (χ0v) is 8.96. The normalized spacial score (nSPS) is 11.6. The van der Waals surface area contributed by atoms with E-state index in [4.69, 9.17) is 5.73 Å². The molecular weight excluding hydrogens is 174 g/mol. The third-order valence-electron chi connectivity index (χ3n) is 3.22. The van der Waals surface area contributed by atoms with E-state index in [0.29, 0.717) is 12.3 Å². The summed E-state index contributed by atoms with van der Waals surface area (Å²) in [4.78, 5) is 0. The second-order valence-corrected chi connectivity index (χ2v) is 3.71. The summed E-state index contributed by atoms with van der Waals surface area (Å²) in [6.07, 6.45) is 1.91. The number of hydrogen-bond acceptors (Lipinski definition) is 2. The summed E-state index contributed by atoms with van der Waals surface area (Å²) >= 11 is 0. The first-order chi connectivity index (χ1) is 6.70. The Morgan fingerprint density at radius 1 is 1.21 bits per heavy atom. The van der Waals surface area contributed by atoms with E-state index < -0.39 is 0 Å². The maximum Gasteiger partial charge on any atom is 0.119 e. The molecule has 3 N–H and O–H groups in total. The minimum absolute atomic E-state index is 0.0641. The summed E-state index contributed by atoms with van der Waals surface area (Å²) in [5.41, 5.74) is 6.73. The molecule has 0 atom stereocenters. The molecule has 1 aromatic rings. The molecule has 0 aromatic heterocycles. The molecule has 0 spiro atoms. The number of phenols is 1. The molecule has 0 unspecified atom stereocenters. The molecule has 14 heavy (non-hydrogen) atoms. The number of para-hydroxylation sites is 1. The molecular formula is C12H19NO. The Bertz CT molecular complexity index is 284. The van der Waals surface area contributed by atoms with Gasteiger partial charge in [-0.3, -0.25) is 0 Å². The largest absolute Gasteiger partial charge is 0.508 e. The van der Waals surface area contributed by atoms with E-state index in [9.17, 15) is 5.11 Å². The molecule has 0 radical (unpaired) electrons. The molecule has 2 nitrogen and oxygen atoms in total. The summed E-state index contributed by atoms with van der Waals surface area (Å²) < 4.78 is 0. The summed E-state index contributed by atoms with van der Waals surface area (Å²) in [7, 11) is 0. The molecule has 0 aliphatic carbocycles. The van der Waals surface area contributed by atoms with Gasteiger partial charge in [0.2, 0.25) is 0 Å². The van der Waals surface area contributed by atoms with E-state index >= 15 is 0 Å². The quantitative estimate of drug-likeness (QED) is 0.771. The fraction of sp³-hybridized carbons (Fsp3) is 0.500. The Kier molecular flexibility index (Phi) is 3.53. The lowest BCUT2D eigenvalue weighted by Gasteiger charge is -2.31. The van der Waals surface area contributed by atoms with Gasteiger partial charge in [0.25, 0.3) is 0 Å². The van der Waals surface area contributed by atoms with Crippen molar-refractivity contribution in [2.75, 3.05) is 6.54 Å². The van der Waals surface area contributed by atoms with Crippen LogP contribution in [0.3, 0.4) is 0 Å². The summed E-state index contributed by atoms with van der Waals surface area (Å²) in [6, 6.07) is 7.48. The first-order valence-electron chi connectivity index (χ1n) is 5.18. The van der Waals surface area contributed by atoms with Crippen molar-refractivity contribution in [3.8, 4) is 5.75 Å². The number of phenolic OH excluding ortho intramolecular Hbond substituents is 1. The van der Waals surface area contributed by atoms with Crippen LogP contribution in [0, 0.1) is 0 Å². The Balaban J connectivity index is 3.17. The van der Waals surface area contributed by atoms with Crippen LogP contribution in [0.25, 0.3) is 0 Å². The van der Waals surface area contributed by atoms with Crippen molar-refractivity contribution in [2.45, 2.75) is 32.1 Å². The highest BCUT2D eigenvalue weighted by molar-refractivity contribution is 5.38. The van der Waals surface area contributed by atoms with Crippen LogP contribution < -0.4 is 5.73 Å². The molecule has 1 rings (SSSR count). The van der Waals surface area contributed by atoms with Gasteiger partial charge in [-0.25, -0.2) is 0 Å². The van der Waals surface area contributed by atoms with E-state index in [1.54, 1.807) is 6.07 Å². The molecule has 0 amide bonds. The Hall–Kier alpha value is -1.02. The van der Waals surface area contributed by atoms with Crippen molar-refractivity contribution >= 4 is 0 Å². The predicted octanol–water partition coefficient (Wildman–Crippen LogP) is 2.41. The average Bonchev–Trinajstić information content (AvgIpc) is 2.24. The maximum atomic E-state index is 9.78. The van der Waals surface area contributed by atoms with Crippen LogP contribution in [0.1, 0.15) is 32.3 Å². The zero-order chi connectivity index (χ0) is 10.6. The molecule has 0 heterocycles. The van der Waals surface area contributed by atoms with E-state index in [1.165, 1.54) is 0 Å². The second kappa shape index (κ2) is 4.47. The van der Waals surface area contributed by atoms with E-state index in [0.717, 1.165) is 18.4 Å². The van der Waals surface area contributed by atoms with Crippen LogP contribution in [0.2, 0.25) is 0 Å². The lowest BCUT2D eigenvalue weighted by Crippen LogP contribution is -2.33. The van der Waals surface area contributed by atoms with E-state index in [2.05, 4.69) is 13.8 Å². The molecule has 2 heteroatoms. The number of benzene rings is 1. The van der Waals surface area contributed by atoms with Gasteiger partial charge in [0.1, 0.15) is 5.75 Å². The smallest absolute Gasteiger partial charge is 0.119 e. The van der Waals surface area contributed by atoms with Crippen molar-refractivity contribution in [1.29, 1.82) is 0 Å². The monoisotopic (exact) mass is 193 g/mol. The van der Waals surface area contributed by atoms with Crippen LogP contribution in [-0.2, 0) is 5.41 Å². The summed E-state index contributed by atoms with van der Waals surface area (Å²) in [6.45, 7) is 4.81. The zero-order valence-electron chi connectivity index (χ0n) is 8.96. The highest BCUT2D eigenvalue weighted by Crippen LogP contribution is 2.35. The number of aromatic hydroxyl groups is 1. The van der Waals surface area contributed by atoms with Crippen molar-refractivity contribution in [3.63, 3.8) is 0 Å². The molecule has 0 aliphatic heterocycles. The highest BCUT2D eigenvalue weighted by Gasteiger charge is 2.28. The van der Waals surface area contributed by atoms with Gasteiger partial charge in [-0.2, -0.15) is 0 Å². The minimum atomic E-state index is -0.0641. The third-order valence-corrected chi connectivity index (χ3v) is 3.22. The summed E-state index contributed by atoms with van der Waals surface area (Å²) in [5.74, 6) is 0.363. The van der Waals surface area contributed by atoms with Crippen molar-refractivity contribution < 1.29 is 5.11 Å². The average molecular weight is 193 g/mol. The van der Waals surface area contributed by atoms with Crippen LogP contribution in [0.15, 0.2) is 24.3 Å². The predicted molar refractivity (Wildman–Crippen MR) is 59.4 cm³/mol. The van der Waals surface area contributed by atoms with E-state index in [-0.39, 0.29) is 5.41 Å². The molecule has 0 fully saturated rings. The van der Waals surface area contributed by atoms with Crippen LogP contribution in [-0.4, -0.2) is 11.7 Å². The molecule has 0 bridgehead atoms. The number of rotatable bonds is 4. The van der Waals surface area contributed by atoms with Gasteiger partial charge in [0.05, 0.1) is 0 Å². The fourth-order valence-corrected chi connectivity index (χ4v) is 1.95. The van der Waals surface area contributed by atoms with Gasteiger partial charge < -0.3 is 10.8 Å². The minimum Gasteiger partial charge on any atom is -0.508 e. The van der Waals surface area contributed by atoms with Crippen LogP contribution in [0.4, 0.5) is 0 Å². The maximum absolute atomic E-state index is 9.78. The third kappa shape index (κ3) is 1.75. The first kappa shape index (κ1) is 11.1. The molecule has 0 saturated heterocycles.